The van der Waals surface area contributed by atoms with Gasteiger partial charge in [-0.1, -0.05) is 66.2 Å². The van der Waals surface area contributed by atoms with E-state index in [0.717, 1.165) is 27.8 Å². The van der Waals surface area contributed by atoms with E-state index < -0.39 is 6.04 Å². The highest BCUT2D eigenvalue weighted by atomic mass is 35.5. The molecule has 0 radical (unpaired) electrons. The van der Waals surface area contributed by atoms with Crippen LogP contribution in [0.5, 0.6) is 5.75 Å². The van der Waals surface area contributed by atoms with Gasteiger partial charge in [-0.15, -0.1) is 0 Å². The first-order chi connectivity index (χ1) is 16.8. The molecule has 35 heavy (non-hydrogen) atoms. The summed E-state index contributed by atoms with van der Waals surface area (Å²) in [4.78, 5) is 28.4. The van der Waals surface area contributed by atoms with E-state index in [0.29, 0.717) is 23.7 Å². The van der Waals surface area contributed by atoms with Gasteiger partial charge < -0.3 is 15.0 Å². The highest BCUT2D eigenvalue weighted by molar-refractivity contribution is 6.31. The minimum absolute atomic E-state index is 0.182. The van der Waals surface area contributed by atoms with E-state index in [1.807, 2.05) is 82.3 Å². The number of amides is 2. The molecule has 0 aliphatic rings. The van der Waals surface area contributed by atoms with Crippen molar-refractivity contribution in [2.75, 3.05) is 13.2 Å². The van der Waals surface area contributed by atoms with Gasteiger partial charge >= 0.3 is 0 Å². The molecular weight excluding hydrogens is 460 g/mol. The standard InChI is InChI=1S/C29H33ClN2O3/c1-5-31-29(34)26(17-23-11-7-6-8-12-23)32(18-24-13-9-10-14-25(24)30)28(33)19-35-27-16-20(2)15-21(3)22(27)4/h6-16,26H,5,17-19H2,1-4H3,(H,31,34). The SMILES string of the molecule is CCNC(=O)C(Cc1ccccc1)N(Cc1ccccc1Cl)C(=O)COc1cc(C)cc(C)c1C. The third-order valence-corrected chi connectivity index (χ3v) is 6.40. The van der Waals surface area contributed by atoms with E-state index in [2.05, 4.69) is 11.4 Å². The van der Waals surface area contributed by atoms with Gasteiger partial charge in [0, 0.05) is 24.5 Å². The highest BCUT2D eigenvalue weighted by Gasteiger charge is 2.31. The molecule has 3 aromatic rings. The quantitative estimate of drug-likeness (QED) is 0.411. The Hall–Kier alpha value is -3.31. The Kier molecular flexibility index (Phi) is 9.32. The number of likely N-dealkylation sites (N-methyl/N-ethyl adjacent to an activating group) is 1. The Bertz CT molecular complexity index is 1160. The average molecular weight is 493 g/mol. The summed E-state index contributed by atoms with van der Waals surface area (Å²) in [6, 6.07) is 20.4. The van der Waals surface area contributed by atoms with Crippen molar-refractivity contribution < 1.29 is 14.3 Å². The number of aryl methyl sites for hydroxylation is 2. The van der Waals surface area contributed by atoms with Crippen LogP contribution in [0.1, 0.15) is 34.7 Å². The Morgan fingerprint density at radius 2 is 1.69 bits per heavy atom. The minimum atomic E-state index is -0.718. The molecule has 3 aromatic carbocycles. The zero-order valence-electron chi connectivity index (χ0n) is 20.8. The lowest BCUT2D eigenvalue weighted by molar-refractivity contribution is -0.142. The second kappa shape index (κ2) is 12.4. The maximum Gasteiger partial charge on any atom is 0.261 e. The number of benzene rings is 3. The molecule has 3 rings (SSSR count). The van der Waals surface area contributed by atoms with E-state index in [-0.39, 0.29) is 25.0 Å². The molecule has 2 amide bonds. The lowest BCUT2D eigenvalue weighted by Gasteiger charge is -2.31. The molecule has 5 nitrogen and oxygen atoms in total. The van der Waals surface area contributed by atoms with Gasteiger partial charge in [-0.05, 0) is 67.6 Å². The maximum absolute atomic E-state index is 13.6. The molecule has 0 bridgehead atoms. The van der Waals surface area contributed by atoms with Crippen molar-refractivity contribution in [2.24, 2.45) is 0 Å². The number of halogens is 1. The Balaban J connectivity index is 1.93. The van der Waals surface area contributed by atoms with Gasteiger partial charge in [0.2, 0.25) is 5.91 Å². The van der Waals surface area contributed by atoms with Gasteiger partial charge in [-0.2, -0.15) is 0 Å². The molecule has 1 atom stereocenters. The smallest absolute Gasteiger partial charge is 0.261 e. The number of ether oxygens (including phenoxy) is 1. The Morgan fingerprint density at radius 3 is 2.37 bits per heavy atom. The van der Waals surface area contributed by atoms with Crippen LogP contribution >= 0.6 is 11.6 Å². The van der Waals surface area contributed by atoms with Gasteiger partial charge in [0.1, 0.15) is 11.8 Å². The summed E-state index contributed by atoms with van der Waals surface area (Å²) in [6.07, 6.45) is 0.380. The molecule has 0 aliphatic heterocycles. The minimum Gasteiger partial charge on any atom is -0.483 e. The van der Waals surface area contributed by atoms with E-state index in [1.54, 1.807) is 11.0 Å². The number of carbonyl (C=O) groups excluding carboxylic acids is 2. The lowest BCUT2D eigenvalue weighted by atomic mass is 10.0. The first-order valence-corrected chi connectivity index (χ1v) is 12.2. The summed E-state index contributed by atoms with van der Waals surface area (Å²) in [6.45, 7) is 8.34. The van der Waals surface area contributed by atoms with Crippen molar-refractivity contribution >= 4 is 23.4 Å². The largest absolute Gasteiger partial charge is 0.483 e. The summed E-state index contributed by atoms with van der Waals surface area (Å²) in [5, 5.41) is 3.44. The molecule has 0 aliphatic carbocycles. The second-order valence-corrected chi connectivity index (χ2v) is 9.11. The van der Waals surface area contributed by atoms with Crippen LogP contribution in [-0.2, 0) is 22.6 Å². The molecule has 0 aromatic heterocycles. The first kappa shape index (κ1) is 26.3. The normalized spacial score (nSPS) is 11.6. The van der Waals surface area contributed by atoms with Crippen molar-refractivity contribution in [3.63, 3.8) is 0 Å². The van der Waals surface area contributed by atoms with Crippen molar-refractivity contribution in [3.8, 4) is 5.75 Å². The number of hydrogen-bond acceptors (Lipinski definition) is 3. The van der Waals surface area contributed by atoms with Crippen LogP contribution in [0.25, 0.3) is 0 Å². The summed E-state index contributed by atoms with van der Waals surface area (Å²) in [5.41, 5.74) is 4.89. The highest BCUT2D eigenvalue weighted by Crippen LogP contribution is 2.24. The summed E-state index contributed by atoms with van der Waals surface area (Å²) < 4.78 is 5.99. The van der Waals surface area contributed by atoms with Crippen LogP contribution in [0.3, 0.4) is 0 Å². The molecule has 1 unspecified atom stereocenters. The monoisotopic (exact) mass is 492 g/mol. The van der Waals surface area contributed by atoms with Crippen LogP contribution < -0.4 is 10.1 Å². The number of rotatable bonds is 10. The van der Waals surface area contributed by atoms with E-state index in [9.17, 15) is 9.59 Å². The van der Waals surface area contributed by atoms with Crippen LogP contribution in [0.2, 0.25) is 5.02 Å². The molecule has 0 heterocycles. The fourth-order valence-electron chi connectivity index (χ4n) is 4.03. The van der Waals surface area contributed by atoms with E-state index in [4.69, 9.17) is 16.3 Å². The van der Waals surface area contributed by atoms with Crippen molar-refractivity contribution in [3.05, 3.63) is 99.6 Å². The molecular formula is C29H33ClN2O3. The average Bonchev–Trinajstić information content (AvgIpc) is 2.84. The van der Waals surface area contributed by atoms with E-state index in [1.165, 1.54) is 0 Å². The second-order valence-electron chi connectivity index (χ2n) is 8.71. The van der Waals surface area contributed by atoms with Crippen LogP contribution in [0.4, 0.5) is 0 Å². The predicted octanol–water partition coefficient (Wildman–Crippen LogP) is 5.42. The van der Waals surface area contributed by atoms with E-state index >= 15 is 0 Å². The molecule has 0 fully saturated rings. The molecule has 184 valence electrons. The van der Waals surface area contributed by atoms with Crippen LogP contribution in [0, 0.1) is 20.8 Å². The number of nitrogens with zero attached hydrogens (tertiary/aromatic N) is 1. The third-order valence-electron chi connectivity index (χ3n) is 6.04. The fraction of sp³-hybridized carbons (Fsp3) is 0.310. The van der Waals surface area contributed by atoms with Gasteiger partial charge in [-0.25, -0.2) is 0 Å². The topological polar surface area (TPSA) is 58.6 Å². The van der Waals surface area contributed by atoms with Crippen molar-refractivity contribution in [1.82, 2.24) is 10.2 Å². The molecule has 0 saturated heterocycles. The van der Waals surface area contributed by atoms with Crippen molar-refractivity contribution in [1.29, 1.82) is 0 Å². The Labute approximate surface area is 213 Å². The van der Waals surface area contributed by atoms with Crippen molar-refractivity contribution in [2.45, 2.75) is 46.7 Å². The molecule has 0 saturated carbocycles. The lowest BCUT2D eigenvalue weighted by Crippen LogP contribution is -2.51. The predicted molar refractivity (Wildman–Crippen MR) is 141 cm³/mol. The first-order valence-electron chi connectivity index (χ1n) is 11.8. The summed E-state index contributed by atoms with van der Waals surface area (Å²) in [7, 11) is 0. The number of hydrogen-bond donors (Lipinski definition) is 1. The maximum atomic E-state index is 13.6. The molecule has 6 heteroatoms. The number of nitrogens with one attached hydrogen (secondary N) is 1. The number of carbonyl (C=O) groups is 2. The molecule has 0 spiro atoms. The fourth-order valence-corrected chi connectivity index (χ4v) is 4.22. The zero-order valence-corrected chi connectivity index (χ0v) is 21.6. The zero-order chi connectivity index (χ0) is 25.4. The van der Waals surface area contributed by atoms with Crippen LogP contribution in [-0.4, -0.2) is 35.9 Å². The van der Waals surface area contributed by atoms with Gasteiger partial charge in [0.05, 0.1) is 0 Å². The van der Waals surface area contributed by atoms with Gasteiger partial charge in [0.15, 0.2) is 6.61 Å². The third kappa shape index (κ3) is 7.09. The summed E-state index contributed by atoms with van der Waals surface area (Å²) in [5.74, 6) is 0.182. The van der Waals surface area contributed by atoms with Gasteiger partial charge in [0.25, 0.3) is 5.91 Å². The van der Waals surface area contributed by atoms with Gasteiger partial charge in [-0.3, -0.25) is 9.59 Å². The Morgan fingerprint density at radius 1 is 1.00 bits per heavy atom. The molecule has 1 N–H and O–H groups in total. The van der Waals surface area contributed by atoms with Crippen LogP contribution in [0.15, 0.2) is 66.7 Å². The summed E-state index contributed by atoms with van der Waals surface area (Å²) >= 11 is 6.44.